The summed E-state index contributed by atoms with van der Waals surface area (Å²) < 4.78 is 0. The van der Waals surface area contributed by atoms with Gasteiger partial charge in [0.1, 0.15) is 30.2 Å². The van der Waals surface area contributed by atoms with Crippen LogP contribution in [0.4, 0.5) is 0 Å². The molecular weight excluding hydrogens is 791 g/mol. The summed E-state index contributed by atoms with van der Waals surface area (Å²) in [5.74, 6) is -9.43. The molecule has 316 valence electrons. The van der Waals surface area contributed by atoms with Crippen LogP contribution in [-0.4, -0.2) is 137 Å². The number of primary amides is 1. The van der Waals surface area contributed by atoms with E-state index in [-0.39, 0.29) is 43.9 Å². The molecule has 0 saturated carbocycles. The molecular formula is C33H51N11O11S2. The van der Waals surface area contributed by atoms with Gasteiger partial charge in [0, 0.05) is 18.7 Å². The van der Waals surface area contributed by atoms with Crippen molar-refractivity contribution in [3.05, 3.63) is 35.9 Å². The Balaban J connectivity index is 3.37. The predicted octanol–water partition coefficient (Wildman–Crippen LogP) is -4.73. The Morgan fingerprint density at radius 2 is 1.30 bits per heavy atom. The molecule has 0 aliphatic heterocycles. The van der Waals surface area contributed by atoms with Gasteiger partial charge in [-0.3, -0.25) is 43.3 Å². The first-order valence-corrected chi connectivity index (χ1v) is 19.4. The Kier molecular flexibility index (Phi) is 22.8. The highest BCUT2D eigenvalue weighted by Gasteiger charge is 2.33. The minimum absolute atomic E-state index is 0.0234. The second kappa shape index (κ2) is 26.3. The van der Waals surface area contributed by atoms with Gasteiger partial charge >= 0.3 is 11.9 Å². The van der Waals surface area contributed by atoms with Crippen molar-refractivity contribution in [1.82, 2.24) is 31.9 Å². The van der Waals surface area contributed by atoms with E-state index in [9.17, 15) is 53.4 Å². The number of carboxylic acid groups (broad SMARTS) is 2. The van der Waals surface area contributed by atoms with Gasteiger partial charge in [0.05, 0.1) is 25.4 Å². The molecule has 24 heteroatoms. The molecule has 0 aromatic heterocycles. The van der Waals surface area contributed by atoms with Crippen LogP contribution >= 0.6 is 24.4 Å². The standard InChI is InChI=1S/C33H51N11O11S2/c1-57-11-9-20(41-27(49)18(34)16-56)29(51)44-22(14-26(47)48)31(53)43-21(12-17-6-3-2-4-7-17)30(52)42-19(8-5-10-38-33(36)37)28(50)39-15-25(46)40-23(32(54)55)13-24(35)45/h2-4,6-7,18-23,56H,5,8-16,34H2,1H3,(H2,35,45)(H,39,50)(H,40,46)(H,41,49)(H,42,52)(H,43,53)(H,44,51)(H,47,48)(H,54,55)(H4,36,37,38)/t18-,19-,20-,21-,22-,23-/m0/s1. The Morgan fingerprint density at radius 1 is 0.737 bits per heavy atom. The molecule has 1 aromatic rings. The van der Waals surface area contributed by atoms with Gasteiger partial charge in [0.2, 0.25) is 41.4 Å². The summed E-state index contributed by atoms with van der Waals surface area (Å²) in [6.45, 7) is -0.753. The van der Waals surface area contributed by atoms with E-state index in [1.165, 1.54) is 11.8 Å². The summed E-state index contributed by atoms with van der Waals surface area (Å²) in [5.41, 5.74) is 22.0. The molecule has 0 heterocycles. The van der Waals surface area contributed by atoms with Crippen LogP contribution in [0.25, 0.3) is 0 Å². The maximum absolute atomic E-state index is 13.9. The Morgan fingerprint density at radius 3 is 1.86 bits per heavy atom. The van der Waals surface area contributed by atoms with Crippen LogP contribution in [0.3, 0.4) is 0 Å². The quantitative estimate of drug-likeness (QED) is 0.0171. The number of thioether (sulfide) groups is 1. The van der Waals surface area contributed by atoms with Crippen molar-refractivity contribution in [3.63, 3.8) is 0 Å². The topological polar surface area (TPSA) is 383 Å². The largest absolute Gasteiger partial charge is 0.481 e. The average Bonchev–Trinajstić information content (AvgIpc) is 3.15. The lowest BCUT2D eigenvalue weighted by atomic mass is 10.0. The SMILES string of the molecule is CSCC[C@H](NC(=O)[C@@H](N)CS)C(=O)N[C@@H](CC(=O)O)C(=O)N[C@@H](Cc1ccccc1)C(=O)N[C@@H](CCCN=C(N)N)C(=O)NCC(=O)N[C@@H](CC(N)=O)C(=O)O. The Bertz CT molecular complexity index is 1600. The molecule has 0 radical (unpaired) electrons. The lowest BCUT2D eigenvalue weighted by Gasteiger charge is -2.26. The summed E-state index contributed by atoms with van der Waals surface area (Å²) >= 11 is 5.35. The third-order valence-electron chi connectivity index (χ3n) is 7.74. The van der Waals surface area contributed by atoms with E-state index in [1.54, 1.807) is 36.6 Å². The summed E-state index contributed by atoms with van der Waals surface area (Å²) in [6, 6.07) is -0.255. The highest BCUT2D eigenvalue weighted by molar-refractivity contribution is 7.98. The molecule has 1 aromatic carbocycles. The van der Waals surface area contributed by atoms with E-state index in [4.69, 9.17) is 22.9 Å². The van der Waals surface area contributed by atoms with Gasteiger partial charge in [-0.25, -0.2) is 4.79 Å². The van der Waals surface area contributed by atoms with Crippen molar-refractivity contribution in [1.29, 1.82) is 0 Å². The van der Waals surface area contributed by atoms with Crippen molar-refractivity contribution in [3.8, 4) is 0 Å². The molecule has 0 fully saturated rings. The molecule has 22 nitrogen and oxygen atoms in total. The molecule has 0 saturated heterocycles. The number of rotatable bonds is 27. The van der Waals surface area contributed by atoms with Crippen LogP contribution in [0.1, 0.15) is 37.7 Å². The van der Waals surface area contributed by atoms with E-state index in [1.807, 2.05) is 5.32 Å². The first-order valence-electron chi connectivity index (χ1n) is 17.3. The van der Waals surface area contributed by atoms with Crippen LogP contribution in [0.2, 0.25) is 0 Å². The predicted molar refractivity (Wildman–Crippen MR) is 211 cm³/mol. The van der Waals surface area contributed by atoms with Crippen LogP contribution < -0.4 is 54.8 Å². The third-order valence-corrected chi connectivity index (χ3v) is 8.78. The molecule has 0 spiro atoms. The molecule has 0 aliphatic rings. The fraction of sp³-hybridized carbons (Fsp3) is 0.515. The number of carboxylic acids is 2. The number of nitrogens with two attached hydrogens (primary N) is 4. The molecule has 0 unspecified atom stereocenters. The van der Waals surface area contributed by atoms with Gasteiger partial charge in [-0.15, -0.1) is 0 Å². The van der Waals surface area contributed by atoms with Crippen molar-refractivity contribution in [2.75, 3.05) is 30.9 Å². The monoisotopic (exact) mass is 841 g/mol. The molecule has 16 N–H and O–H groups in total. The number of nitrogens with one attached hydrogen (secondary N) is 6. The summed E-state index contributed by atoms with van der Waals surface area (Å²) in [7, 11) is 0. The molecule has 7 amide bonds. The average molecular weight is 842 g/mol. The van der Waals surface area contributed by atoms with Gasteiger partial charge < -0.3 is 65.0 Å². The minimum Gasteiger partial charge on any atom is -0.481 e. The highest BCUT2D eigenvalue weighted by Crippen LogP contribution is 2.08. The number of amides is 7. The molecule has 0 bridgehead atoms. The zero-order valence-corrected chi connectivity index (χ0v) is 32.8. The first-order chi connectivity index (χ1) is 26.9. The second-order valence-corrected chi connectivity index (χ2v) is 13.7. The van der Waals surface area contributed by atoms with Gasteiger partial charge in [0.25, 0.3) is 0 Å². The summed E-state index contributed by atoms with van der Waals surface area (Å²) in [4.78, 5) is 117. The number of aliphatic carboxylic acids is 2. The minimum atomic E-state index is -1.74. The summed E-state index contributed by atoms with van der Waals surface area (Å²) in [6.07, 6.45) is 0.0502. The number of hydrogen-bond acceptors (Lipinski definition) is 13. The summed E-state index contributed by atoms with van der Waals surface area (Å²) in [5, 5.41) is 33.0. The fourth-order valence-electron chi connectivity index (χ4n) is 4.84. The highest BCUT2D eigenvalue weighted by atomic mass is 32.2. The van der Waals surface area contributed by atoms with E-state index in [0.717, 1.165) is 0 Å². The van der Waals surface area contributed by atoms with Gasteiger partial charge in [-0.05, 0) is 36.8 Å². The Hall–Kier alpha value is -5.62. The maximum Gasteiger partial charge on any atom is 0.326 e. The van der Waals surface area contributed by atoms with E-state index in [0.29, 0.717) is 11.3 Å². The van der Waals surface area contributed by atoms with Crippen molar-refractivity contribution in [2.45, 2.75) is 74.8 Å². The van der Waals surface area contributed by atoms with Crippen LogP contribution in [0.5, 0.6) is 0 Å². The van der Waals surface area contributed by atoms with Crippen LogP contribution in [0, 0.1) is 0 Å². The van der Waals surface area contributed by atoms with Gasteiger partial charge in [0.15, 0.2) is 5.96 Å². The fourth-order valence-corrected chi connectivity index (χ4v) is 5.47. The van der Waals surface area contributed by atoms with Gasteiger partial charge in [-0.2, -0.15) is 24.4 Å². The maximum atomic E-state index is 13.9. The van der Waals surface area contributed by atoms with Gasteiger partial charge in [-0.1, -0.05) is 30.3 Å². The Labute approximate surface area is 337 Å². The molecule has 0 aliphatic carbocycles. The van der Waals surface area contributed by atoms with E-state index in [2.05, 4.69) is 44.2 Å². The number of carbonyl (C=O) groups is 9. The zero-order chi connectivity index (χ0) is 43.1. The lowest BCUT2D eigenvalue weighted by molar-refractivity contribution is -0.143. The molecule has 57 heavy (non-hydrogen) atoms. The zero-order valence-electron chi connectivity index (χ0n) is 31.1. The number of nitrogens with zero attached hydrogens (tertiary/aromatic N) is 1. The number of carbonyl (C=O) groups excluding carboxylic acids is 7. The van der Waals surface area contributed by atoms with Crippen LogP contribution in [-0.2, 0) is 49.6 Å². The van der Waals surface area contributed by atoms with Crippen molar-refractivity contribution < 1.29 is 53.4 Å². The lowest BCUT2D eigenvalue weighted by Crippen LogP contribution is -2.59. The number of aliphatic imine (C=N–C) groups is 1. The number of benzene rings is 1. The van der Waals surface area contributed by atoms with Crippen molar-refractivity contribution >= 4 is 83.6 Å². The number of hydrogen-bond donors (Lipinski definition) is 13. The third kappa shape index (κ3) is 20.2. The van der Waals surface area contributed by atoms with E-state index >= 15 is 0 Å². The van der Waals surface area contributed by atoms with Crippen LogP contribution in [0.15, 0.2) is 35.3 Å². The smallest absolute Gasteiger partial charge is 0.326 e. The van der Waals surface area contributed by atoms with Crippen molar-refractivity contribution in [2.24, 2.45) is 27.9 Å². The first kappa shape index (κ1) is 49.4. The number of guanidine groups is 1. The molecule has 1 rings (SSSR count). The second-order valence-electron chi connectivity index (χ2n) is 12.4. The number of thiol groups is 1. The van der Waals surface area contributed by atoms with E-state index < -0.39 is 109 Å². The normalized spacial score (nSPS) is 13.8. The molecule has 6 atom stereocenters.